The molecule has 11 aromatic rings. The number of amides is 4. The number of aromatic nitrogens is 10. The molecule has 0 atom stereocenters. The van der Waals surface area contributed by atoms with Gasteiger partial charge in [-0.3, -0.25) is 28.9 Å². The third-order valence-electron chi connectivity index (χ3n) is 20.4. The molecule has 31 nitrogen and oxygen atoms in total. The minimum absolute atomic E-state index is 0.256. The highest BCUT2D eigenvalue weighted by Crippen LogP contribution is 2.36. The number of carbonyl (C=O) groups excluding carboxylic acids is 8. The predicted molar refractivity (Wildman–Crippen MR) is 484 cm³/mol. The number of hydrogen-bond acceptors (Lipinski definition) is 29. The smallest absolute Gasteiger partial charge is 0.334 e. The maximum atomic E-state index is 12.7. The Morgan fingerprint density at radius 2 is 0.762 bits per heavy atom. The zero-order valence-corrected chi connectivity index (χ0v) is 72.7. The van der Waals surface area contributed by atoms with E-state index in [9.17, 15) is 43.6 Å². The van der Waals surface area contributed by atoms with E-state index in [0.717, 1.165) is 91.9 Å². The number of ether oxygens (including phenoxy) is 3. The number of nitrogens with one attached hydrogen (secondary N) is 4. The second-order valence-corrected chi connectivity index (χ2v) is 30.4. The molecule has 0 unspecified atom stereocenters. The minimum Gasteiger partial charge on any atom is -0.463 e. The van der Waals surface area contributed by atoms with Gasteiger partial charge in [0.05, 0.1) is 26.4 Å². The lowest BCUT2D eigenvalue weighted by molar-refractivity contribution is -0.139. The van der Waals surface area contributed by atoms with E-state index in [-0.39, 0.29) is 41.5 Å². The molecule has 4 amide bonds. The van der Waals surface area contributed by atoms with Crippen molar-refractivity contribution in [1.82, 2.24) is 59.6 Å². The Morgan fingerprint density at radius 1 is 0.429 bits per heavy atom. The van der Waals surface area contributed by atoms with Crippen molar-refractivity contribution in [3.05, 3.63) is 296 Å². The van der Waals surface area contributed by atoms with Crippen LogP contribution in [0.3, 0.4) is 0 Å². The Morgan fingerprint density at radius 3 is 1.10 bits per heavy atom. The number of carbonyl (C=O) groups is 8. The second-order valence-electron chi connectivity index (χ2n) is 28.7. The lowest BCUT2D eigenvalue weighted by atomic mass is 9.93. The van der Waals surface area contributed by atoms with Crippen LogP contribution in [0.25, 0.3) is 22.3 Å². The van der Waals surface area contributed by atoms with Crippen LogP contribution in [0.4, 0.5) is 33.0 Å². The number of aryl methyl sites for hydroxylation is 4. The lowest BCUT2D eigenvalue weighted by Gasteiger charge is -2.30. The van der Waals surface area contributed by atoms with Gasteiger partial charge in [-0.1, -0.05) is 78.9 Å². The van der Waals surface area contributed by atoms with Crippen molar-refractivity contribution < 1.29 is 52.6 Å². The maximum absolute atomic E-state index is 12.7. The average molecular weight is 1730 g/mol. The maximum Gasteiger partial charge on any atom is 0.334 e. The Labute approximate surface area is 737 Å². The fourth-order valence-corrected chi connectivity index (χ4v) is 15.5. The highest BCUT2D eigenvalue weighted by Gasteiger charge is 2.31. The van der Waals surface area contributed by atoms with Crippen molar-refractivity contribution >= 4 is 126 Å². The van der Waals surface area contributed by atoms with Gasteiger partial charge in [-0.2, -0.15) is 5.26 Å². The van der Waals surface area contributed by atoms with Gasteiger partial charge in [-0.15, -0.1) is 22.7 Å². The van der Waals surface area contributed by atoms with Crippen molar-refractivity contribution in [1.29, 1.82) is 5.26 Å². The van der Waals surface area contributed by atoms with E-state index >= 15 is 0 Å². The zero-order chi connectivity index (χ0) is 89.4. The number of thiazole rings is 2. The topological polar surface area (TPSA) is 404 Å². The van der Waals surface area contributed by atoms with Gasteiger partial charge in [0.1, 0.15) is 54.4 Å². The highest BCUT2D eigenvalue weighted by atomic mass is 32.1. The average Bonchev–Trinajstić information content (AvgIpc) is 1.12. The van der Waals surface area contributed by atoms with Crippen molar-refractivity contribution in [2.45, 2.75) is 80.7 Å². The molecule has 0 bridgehead atoms. The molecule has 0 aliphatic carbocycles. The van der Waals surface area contributed by atoms with Crippen molar-refractivity contribution in [3.8, 4) is 6.19 Å². The molecular weight excluding hydrogens is 1640 g/mol. The van der Waals surface area contributed by atoms with E-state index in [4.69, 9.17) is 14.2 Å². The summed E-state index contributed by atoms with van der Waals surface area (Å²) in [7, 11) is 1.50. The van der Waals surface area contributed by atoms with Crippen LogP contribution in [0.1, 0.15) is 138 Å². The fourth-order valence-electron chi connectivity index (χ4n) is 14.1. The van der Waals surface area contributed by atoms with Crippen molar-refractivity contribution in [3.63, 3.8) is 0 Å². The number of nitrogens with zero attached hydrogens (tertiary/aromatic N) is 15. The Kier molecular flexibility index (Phi) is 33.7. The van der Waals surface area contributed by atoms with Gasteiger partial charge in [0, 0.05) is 140 Å². The van der Waals surface area contributed by atoms with Crippen LogP contribution in [0.2, 0.25) is 0 Å². The molecule has 0 radical (unpaired) electrons. The highest BCUT2D eigenvalue weighted by molar-refractivity contribution is 7.14. The number of benzene rings is 5. The largest absolute Gasteiger partial charge is 0.463 e. The first-order chi connectivity index (χ1) is 61.3. The second kappa shape index (κ2) is 46.1. The number of nitriles is 1. The number of esters is 3. The zero-order valence-electron chi connectivity index (χ0n) is 71.0. The van der Waals surface area contributed by atoms with Gasteiger partial charge in [0.25, 0.3) is 23.6 Å². The van der Waals surface area contributed by atoms with Crippen molar-refractivity contribution in [2.24, 2.45) is 5.73 Å². The molecule has 6 N–H and O–H groups in total. The molecule has 10 heterocycles. The molecule has 0 saturated heterocycles. The first-order valence-corrected chi connectivity index (χ1v) is 42.4. The van der Waals surface area contributed by atoms with Crippen LogP contribution < -0.4 is 36.8 Å². The van der Waals surface area contributed by atoms with E-state index in [1.165, 1.54) is 37.9 Å². The van der Waals surface area contributed by atoms with Crippen LogP contribution in [0.5, 0.6) is 0 Å². The van der Waals surface area contributed by atoms with E-state index < -0.39 is 0 Å². The molecule has 15 rings (SSSR count). The van der Waals surface area contributed by atoms with E-state index in [2.05, 4.69) is 110 Å². The third kappa shape index (κ3) is 24.6. The molecule has 646 valence electrons. The molecule has 0 spiro atoms. The quantitative estimate of drug-likeness (QED) is 0.0172. The predicted octanol–water partition coefficient (Wildman–Crippen LogP) is 13.5. The summed E-state index contributed by atoms with van der Waals surface area (Å²) in [4.78, 5) is 148. The number of aldehydes is 1. The monoisotopic (exact) mass is 1730 g/mol. The van der Waals surface area contributed by atoms with Gasteiger partial charge in [-0.05, 0) is 208 Å². The van der Waals surface area contributed by atoms with E-state index in [0.29, 0.717) is 164 Å². The molecule has 126 heavy (non-hydrogen) atoms. The summed E-state index contributed by atoms with van der Waals surface area (Å²) in [6.45, 7) is 19.3. The van der Waals surface area contributed by atoms with Gasteiger partial charge in [-0.25, -0.2) is 64.2 Å². The summed E-state index contributed by atoms with van der Waals surface area (Å²) < 4.78 is 15.8. The molecule has 0 saturated carbocycles. The number of hydrogen-bond donors (Lipinski definition) is 5. The van der Waals surface area contributed by atoms with Crippen LogP contribution in [-0.2, 0) is 39.9 Å². The van der Waals surface area contributed by atoms with Gasteiger partial charge in [0.2, 0.25) is 0 Å². The SMILES string of the molecule is CCOC(=O)C1=C(c2ccc(NC(=O)c3ncncc3C)cc2)CN(C#N)CC1.CCOC(=O)C1=C(c2ccc(NC(=O)c3ncncc3C)cc2)CN(Cc2ccccc2)CC1.CCOC(=O)C1=C(c2ccc(NC(=O)c3ncncc3C)cc2)CN(c2nccs2)CC1.CN.Cc1cncnc1C(=O)Nc1ccc(C2=C(C=O)CCN(c3nccs3)C2)cc1. The molecule has 4 aliphatic rings. The standard InChI is InChI=1S/C27H28N4O3.C23H23N5O3S.C21H21N5O3.C21H19N5O2S.CH5N/c1-3-34-27(33)23-13-14-31(16-20-7-5-4-6-8-20)17-24(23)21-9-11-22(12-10-21)30-26(32)25-19(2)15-28-18-29-25;1-3-31-22(30)18-8-10-28(23-25-9-11-32-23)13-19(18)16-4-6-17(7-5-16)27-21(29)20-15(2)12-24-14-26-20;1-3-29-21(28)17-8-9-26(12-22)11-18(17)15-4-6-16(7-5-15)25-20(27)19-14(2)10-23-13-24-19;1-14-10-22-13-24-19(14)20(28)25-17-4-2-15(3-5-17)18-11-26(8-6-16(18)12-27)21-23-7-9-29-21;1-2/h4-12,15,18H,3,13-14,16-17H2,1-2H3,(H,30,32);4-7,9,11-12,14H,3,8,10,13H2,1-2H3,(H,27,29);4-7,10,13H,3,8-9,11H2,1-2H3,(H,25,27);2-5,7,9-10,12-13H,6,8,11H2,1H3,(H,25,28);2H2,1H3. The Bertz CT molecular complexity index is 5810. The van der Waals surface area contributed by atoms with Crippen LogP contribution in [0, 0.1) is 39.1 Å². The Hall–Kier alpha value is -14.6. The van der Waals surface area contributed by atoms with Gasteiger partial charge in [0.15, 0.2) is 16.5 Å². The van der Waals surface area contributed by atoms with E-state index in [1.807, 2.05) is 121 Å². The van der Waals surface area contributed by atoms with Gasteiger partial charge >= 0.3 is 17.9 Å². The summed E-state index contributed by atoms with van der Waals surface area (Å²) in [6.07, 6.45) is 20.8. The first-order valence-electron chi connectivity index (χ1n) is 40.7. The summed E-state index contributed by atoms with van der Waals surface area (Å²) in [6, 6.07) is 40.0. The number of rotatable bonds is 23. The summed E-state index contributed by atoms with van der Waals surface area (Å²) >= 11 is 3.16. The molecule has 6 aromatic heterocycles. The fraction of sp³-hybridized carbons (Fsp3) is 0.258. The van der Waals surface area contributed by atoms with Crippen LogP contribution >= 0.6 is 22.7 Å². The third-order valence-corrected chi connectivity index (χ3v) is 22.0. The molecule has 4 aliphatic heterocycles. The molecule has 5 aromatic carbocycles. The van der Waals surface area contributed by atoms with Crippen LogP contribution in [0.15, 0.2) is 223 Å². The van der Waals surface area contributed by atoms with Crippen LogP contribution in [-0.4, -0.2) is 187 Å². The minimum atomic E-state index is -0.350. The summed E-state index contributed by atoms with van der Waals surface area (Å²) in [5, 5.41) is 26.4. The molecule has 0 fully saturated rings. The van der Waals surface area contributed by atoms with E-state index in [1.54, 1.807) is 118 Å². The molecule has 33 heteroatoms. The summed E-state index contributed by atoms with van der Waals surface area (Å²) in [5.74, 6) is -2.07. The normalized spacial score (nSPS) is 13.7. The lowest BCUT2D eigenvalue weighted by Crippen LogP contribution is -2.33. The number of anilines is 6. The molecular formula is C93H96N20O11S2. The number of nitrogens with two attached hydrogens (primary N) is 1. The summed E-state index contributed by atoms with van der Waals surface area (Å²) in [5.41, 5.74) is 22.5. The Balaban J connectivity index is 0.000000162. The van der Waals surface area contributed by atoms with Crippen molar-refractivity contribution in [2.75, 3.05) is 110 Å². The first kappa shape index (κ1) is 92.1. The van der Waals surface area contributed by atoms with Gasteiger partial charge < -0.3 is 55.9 Å².